The van der Waals surface area contributed by atoms with Crippen LogP contribution in [-0.2, 0) is 14.8 Å². The first kappa shape index (κ1) is 15.3. The van der Waals surface area contributed by atoms with Crippen molar-refractivity contribution in [3.05, 3.63) is 34.1 Å². The Morgan fingerprint density at radius 2 is 2.05 bits per heavy atom. The molecule has 1 fully saturated rings. The van der Waals surface area contributed by atoms with E-state index in [0.29, 0.717) is 0 Å². The lowest BCUT2D eigenvalue weighted by Crippen LogP contribution is -2.34. The van der Waals surface area contributed by atoms with Gasteiger partial charge in [-0.25, -0.2) is 8.42 Å². The number of para-hydroxylation sites is 1. The second-order valence-corrected chi connectivity index (χ2v) is 6.25. The van der Waals surface area contributed by atoms with Gasteiger partial charge >= 0.3 is 5.69 Å². The van der Waals surface area contributed by atoms with Crippen LogP contribution in [-0.4, -0.2) is 43.2 Å². The first-order valence-electron chi connectivity index (χ1n) is 6.04. The Morgan fingerprint density at radius 3 is 2.71 bits per heavy atom. The lowest BCUT2D eigenvalue weighted by Gasteiger charge is -2.19. The van der Waals surface area contributed by atoms with Crippen LogP contribution in [0.4, 0.5) is 10.1 Å². The second-order valence-electron chi connectivity index (χ2n) is 4.35. The van der Waals surface area contributed by atoms with Crippen molar-refractivity contribution in [1.82, 2.24) is 9.62 Å². The molecular weight excluding hydrogens is 305 g/mol. The van der Waals surface area contributed by atoms with Gasteiger partial charge in [0.25, 0.3) is 0 Å². The number of nitro benzene ring substituents is 1. The number of nitrogens with zero attached hydrogens (tertiary/aromatic N) is 2. The molecule has 0 aromatic heterocycles. The number of sulfonamides is 1. The summed E-state index contributed by atoms with van der Waals surface area (Å²) < 4.78 is 39.4. The molecule has 0 aliphatic carbocycles. The van der Waals surface area contributed by atoms with Crippen molar-refractivity contribution >= 4 is 21.6 Å². The van der Waals surface area contributed by atoms with Gasteiger partial charge in [-0.2, -0.15) is 8.70 Å². The Labute approximate surface area is 119 Å². The summed E-state index contributed by atoms with van der Waals surface area (Å²) in [5, 5.41) is 13.4. The Hall–Kier alpha value is -2.07. The predicted octanol–water partition coefficient (Wildman–Crippen LogP) is 0.245. The molecule has 21 heavy (non-hydrogen) atoms. The summed E-state index contributed by atoms with van der Waals surface area (Å²) in [6.45, 7) is -0.0370. The lowest BCUT2D eigenvalue weighted by atomic mass is 10.3. The number of carbonyl (C=O) groups is 1. The number of benzene rings is 1. The van der Waals surface area contributed by atoms with Crippen LogP contribution in [0.25, 0.3) is 0 Å². The van der Waals surface area contributed by atoms with Crippen molar-refractivity contribution in [2.24, 2.45) is 0 Å². The average molecular weight is 317 g/mol. The highest BCUT2D eigenvalue weighted by atomic mass is 32.2. The molecule has 0 atom stereocenters. The standard InChI is InChI=1S/C11H12FN3O5S/c12-8-2-1-3-9(11(8)15(17)18)21(19,20)14-6-4-10(16)13-5-7-14/h1-3H,4-7H2,(H,13,16). The van der Waals surface area contributed by atoms with Crippen LogP contribution in [0.15, 0.2) is 23.1 Å². The van der Waals surface area contributed by atoms with Gasteiger partial charge in [-0.1, -0.05) is 6.07 Å². The molecule has 1 saturated heterocycles. The van der Waals surface area contributed by atoms with Crippen LogP contribution >= 0.6 is 0 Å². The molecule has 0 radical (unpaired) electrons. The van der Waals surface area contributed by atoms with Crippen LogP contribution in [0.5, 0.6) is 0 Å². The first-order valence-corrected chi connectivity index (χ1v) is 7.48. The van der Waals surface area contributed by atoms with Crippen LogP contribution in [0.1, 0.15) is 6.42 Å². The number of carbonyl (C=O) groups excluding carboxylic acids is 1. The molecule has 1 amide bonds. The molecule has 1 heterocycles. The van der Waals surface area contributed by atoms with E-state index in [-0.39, 0.29) is 32.0 Å². The maximum atomic E-state index is 13.5. The van der Waals surface area contributed by atoms with Gasteiger partial charge in [-0.15, -0.1) is 0 Å². The molecular formula is C11H12FN3O5S. The monoisotopic (exact) mass is 317 g/mol. The van der Waals surface area contributed by atoms with E-state index >= 15 is 0 Å². The van der Waals surface area contributed by atoms with E-state index in [9.17, 15) is 27.7 Å². The Balaban J connectivity index is 2.47. The van der Waals surface area contributed by atoms with Crippen molar-refractivity contribution < 1.29 is 22.5 Å². The maximum Gasteiger partial charge on any atom is 0.324 e. The summed E-state index contributed by atoms with van der Waals surface area (Å²) >= 11 is 0. The highest BCUT2D eigenvalue weighted by molar-refractivity contribution is 7.89. The van der Waals surface area contributed by atoms with Gasteiger partial charge in [0.15, 0.2) is 4.90 Å². The number of nitrogens with one attached hydrogen (secondary N) is 1. The molecule has 0 unspecified atom stereocenters. The van der Waals surface area contributed by atoms with Crippen LogP contribution < -0.4 is 5.32 Å². The zero-order valence-corrected chi connectivity index (χ0v) is 11.6. The topological polar surface area (TPSA) is 110 Å². The zero-order chi connectivity index (χ0) is 15.6. The molecule has 0 saturated carbocycles. The molecule has 2 rings (SSSR count). The number of hydrogen-bond acceptors (Lipinski definition) is 5. The quantitative estimate of drug-likeness (QED) is 0.634. The third-order valence-corrected chi connectivity index (χ3v) is 4.95. The highest BCUT2D eigenvalue weighted by Crippen LogP contribution is 2.29. The summed E-state index contributed by atoms with van der Waals surface area (Å²) in [5.74, 6) is -1.52. The smallest absolute Gasteiger partial charge is 0.324 e. The highest BCUT2D eigenvalue weighted by Gasteiger charge is 2.34. The molecule has 1 aliphatic heterocycles. The fraction of sp³-hybridized carbons (Fsp3) is 0.364. The van der Waals surface area contributed by atoms with Gasteiger partial charge in [-0.05, 0) is 12.1 Å². The van der Waals surface area contributed by atoms with E-state index in [4.69, 9.17) is 0 Å². The molecule has 1 aliphatic rings. The third kappa shape index (κ3) is 3.00. The zero-order valence-electron chi connectivity index (χ0n) is 10.8. The first-order chi connectivity index (χ1) is 9.84. The molecule has 0 bridgehead atoms. The largest absolute Gasteiger partial charge is 0.355 e. The molecule has 1 aromatic carbocycles. The number of halogens is 1. The van der Waals surface area contributed by atoms with Gasteiger partial charge in [0.1, 0.15) is 0 Å². The van der Waals surface area contributed by atoms with Crippen LogP contribution in [0.3, 0.4) is 0 Å². The number of hydrogen-bond donors (Lipinski definition) is 1. The molecule has 10 heteroatoms. The fourth-order valence-corrected chi connectivity index (χ4v) is 3.62. The van der Waals surface area contributed by atoms with Gasteiger partial charge in [0.05, 0.1) is 4.92 Å². The minimum absolute atomic E-state index is 0.0261. The second kappa shape index (κ2) is 5.74. The number of amides is 1. The average Bonchev–Trinajstić information content (AvgIpc) is 2.63. The molecule has 1 aromatic rings. The number of nitro groups is 1. The van der Waals surface area contributed by atoms with Gasteiger partial charge in [0, 0.05) is 26.1 Å². The molecule has 0 spiro atoms. The molecule has 114 valence electrons. The summed E-state index contributed by atoms with van der Waals surface area (Å²) in [6, 6.07) is 2.90. The Kier molecular flexibility index (Phi) is 4.19. The van der Waals surface area contributed by atoms with Crippen LogP contribution in [0.2, 0.25) is 0 Å². The van der Waals surface area contributed by atoms with E-state index in [1.54, 1.807) is 0 Å². The SMILES string of the molecule is O=C1CCN(S(=O)(=O)c2cccc(F)c2[N+](=O)[O-])CCN1. The molecule has 1 N–H and O–H groups in total. The minimum atomic E-state index is -4.25. The van der Waals surface area contributed by atoms with Crippen molar-refractivity contribution in [3.63, 3.8) is 0 Å². The Morgan fingerprint density at radius 1 is 1.33 bits per heavy atom. The van der Waals surface area contributed by atoms with Crippen molar-refractivity contribution in [2.45, 2.75) is 11.3 Å². The molecule has 8 nitrogen and oxygen atoms in total. The summed E-state index contributed by atoms with van der Waals surface area (Å²) in [4.78, 5) is 20.4. The van der Waals surface area contributed by atoms with Gasteiger partial charge in [-0.3, -0.25) is 14.9 Å². The van der Waals surface area contributed by atoms with E-state index in [1.807, 2.05) is 0 Å². The Bertz CT molecular complexity index is 691. The van der Waals surface area contributed by atoms with Gasteiger partial charge in [0.2, 0.25) is 21.7 Å². The van der Waals surface area contributed by atoms with E-state index in [0.717, 1.165) is 22.5 Å². The lowest BCUT2D eigenvalue weighted by molar-refractivity contribution is -0.390. The van der Waals surface area contributed by atoms with E-state index < -0.39 is 31.3 Å². The number of rotatable bonds is 3. The third-order valence-electron chi connectivity index (χ3n) is 3.02. The summed E-state index contributed by atoms with van der Waals surface area (Å²) in [6.07, 6.45) is -0.0532. The minimum Gasteiger partial charge on any atom is -0.355 e. The summed E-state index contributed by atoms with van der Waals surface area (Å²) in [7, 11) is -4.25. The fourth-order valence-electron chi connectivity index (χ4n) is 2.01. The van der Waals surface area contributed by atoms with E-state index in [2.05, 4.69) is 5.32 Å². The van der Waals surface area contributed by atoms with Gasteiger partial charge < -0.3 is 5.32 Å². The van der Waals surface area contributed by atoms with E-state index in [1.165, 1.54) is 0 Å². The van der Waals surface area contributed by atoms with Crippen molar-refractivity contribution in [3.8, 4) is 0 Å². The predicted molar refractivity (Wildman–Crippen MR) is 69.4 cm³/mol. The van der Waals surface area contributed by atoms with Crippen molar-refractivity contribution in [2.75, 3.05) is 19.6 Å². The maximum absolute atomic E-state index is 13.5. The van der Waals surface area contributed by atoms with Crippen molar-refractivity contribution in [1.29, 1.82) is 0 Å². The summed E-state index contributed by atoms with van der Waals surface area (Å²) in [5.41, 5.74) is -1.08. The van der Waals surface area contributed by atoms with Crippen LogP contribution in [0, 0.1) is 15.9 Å². The normalized spacial score (nSPS) is 17.1.